The second-order valence-electron chi connectivity index (χ2n) is 5.09. The van der Waals surface area contributed by atoms with Crippen molar-refractivity contribution in [3.63, 3.8) is 0 Å². The highest BCUT2D eigenvalue weighted by Crippen LogP contribution is 2.14. The Kier molecular flexibility index (Phi) is 3.57. The lowest BCUT2D eigenvalue weighted by atomic mass is 10.1. The Bertz CT molecular complexity index is 603. The minimum atomic E-state index is -0.267. The van der Waals surface area contributed by atoms with Crippen LogP contribution >= 0.6 is 11.6 Å². The molecule has 102 valence electrons. The number of carbonyl (C=O) groups is 1. The van der Waals surface area contributed by atoms with E-state index in [1.807, 2.05) is 20.8 Å². The Hall–Kier alpha value is -1.89. The molecule has 2 rings (SSSR count). The molecule has 2 heterocycles. The Morgan fingerprint density at radius 2 is 2.21 bits per heavy atom. The van der Waals surface area contributed by atoms with Gasteiger partial charge in [-0.05, 0) is 20.8 Å². The Balaban J connectivity index is 2.09. The summed E-state index contributed by atoms with van der Waals surface area (Å²) in [6, 6.07) is 1.59. The average Bonchev–Trinajstić information content (AvgIpc) is 2.71. The van der Waals surface area contributed by atoms with E-state index in [0.29, 0.717) is 16.7 Å². The second kappa shape index (κ2) is 5.00. The summed E-state index contributed by atoms with van der Waals surface area (Å²) in [5.74, 6) is 0.830. The van der Waals surface area contributed by atoms with Gasteiger partial charge >= 0.3 is 0 Å². The summed E-state index contributed by atoms with van der Waals surface area (Å²) in [7, 11) is 0. The molecule has 0 saturated heterocycles. The number of rotatable bonds is 3. The van der Waals surface area contributed by atoms with E-state index in [1.165, 1.54) is 10.8 Å². The molecule has 7 nitrogen and oxygen atoms in total. The summed E-state index contributed by atoms with van der Waals surface area (Å²) in [5.41, 5.74) is -0.267. The molecule has 1 amide bonds. The molecule has 0 aliphatic carbocycles. The van der Waals surface area contributed by atoms with E-state index >= 15 is 0 Å². The molecular weight excluding hydrogens is 268 g/mol. The van der Waals surface area contributed by atoms with Crippen LogP contribution in [0.3, 0.4) is 0 Å². The monoisotopic (exact) mass is 282 g/mol. The van der Waals surface area contributed by atoms with Gasteiger partial charge in [-0.1, -0.05) is 11.6 Å². The number of hydrogen-bond acceptors (Lipinski definition) is 5. The first kappa shape index (κ1) is 13.5. The van der Waals surface area contributed by atoms with Crippen molar-refractivity contribution in [2.24, 2.45) is 0 Å². The van der Waals surface area contributed by atoms with E-state index in [2.05, 4.69) is 25.7 Å². The van der Waals surface area contributed by atoms with Gasteiger partial charge in [0.2, 0.25) is 5.91 Å². The van der Waals surface area contributed by atoms with Gasteiger partial charge in [-0.3, -0.25) is 4.79 Å². The summed E-state index contributed by atoms with van der Waals surface area (Å²) < 4.78 is 1.48. The highest BCUT2D eigenvalue weighted by molar-refractivity contribution is 6.29. The molecule has 2 N–H and O–H groups in total. The lowest BCUT2D eigenvalue weighted by Crippen LogP contribution is -2.43. The van der Waals surface area contributed by atoms with Crippen molar-refractivity contribution < 1.29 is 4.79 Å². The van der Waals surface area contributed by atoms with E-state index in [4.69, 9.17) is 11.6 Å². The summed E-state index contributed by atoms with van der Waals surface area (Å²) in [6.07, 6.45) is 1.37. The predicted octanol–water partition coefficient (Wildman–Crippen LogP) is 1.10. The number of hydrogen-bond donors (Lipinski definition) is 2. The number of carbonyl (C=O) groups excluding carboxylic acids is 1. The summed E-state index contributed by atoms with van der Waals surface area (Å²) >= 11 is 5.87. The molecule has 2 aromatic heterocycles. The molecule has 0 radical (unpaired) electrons. The van der Waals surface area contributed by atoms with Gasteiger partial charge in [0, 0.05) is 11.6 Å². The molecule has 0 unspecified atom stereocenters. The first-order chi connectivity index (χ1) is 8.85. The number of halogens is 1. The number of anilines is 1. The minimum absolute atomic E-state index is 0.117. The maximum absolute atomic E-state index is 11.7. The molecule has 8 heteroatoms. The van der Waals surface area contributed by atoms with Crippen molar-refractivity contribution in [3.05, 3.63) is 17.5 Å². The van der Waals surface area contributed by atoms with Gasteiger partial charge in [0.1, 0.15) is 17.3 Å². The van der Waals surface area contributed by atoms with Crippen LogP contribution in [0.1, 0.15) is 20.8 Å². The van der Waals surface area contributed by atoms with Crippen LogP contribution in [0.2, 0.25) is 5.15 Å². The smallest absolute Gasteiger partial charge is 0.255 e. The van der Waals surface area contributed by atoms with Crippen LogP contribution in [0.25, 0.3) is 5.78 Å². The third kappa shape index (κ3) is 3.54. The first-order valence-electron chi connectivity index (χ1n) is 5.76. The maximum atomic E-state index is 11.7. The molecule has 19 heavy (non-hydrogen) atoms. The minimum Gasteiger partial charge on any atom is -0.361 e. The van der Waals surface area contributed by atoms with Crippen LogP contribution < -0.4 is 10.6 Å². The zero-order valence-electron chi connectivity index (χ0n) is 10.9. The number of nitrogens with zero attached hydrogens (tertiary/aromatic N) is 4. The fourth-order valence-electron chi connectivity index (χ4n) is 1.54. The molecular formula is C11H15ClN6O. The molecule has 0 spiro atoms. The largest absolute Gasteiger partial charge is 0.361 e. The van der Waals surface area contributed by atoms with E-state index in [-0.39, 0.29) is 18.0 Å². The molecule has 0 atom stereocenters. The van der Waals surface area contributed by atoms with Gasteiger partial charge < -0.3 is 10.6 Å². The highest BCUT2D eigenvalue weighted by atomic mass is 35.5. The third-order valence-electron chi connectivity index (χ3n) is 2.17. The number of nitrogens with one attached hydrogen (secondary N) is 2. The highest BCUT2D eigenvalue weighted by Gasteiger charge is 2.14. The molecule has 0 aliphatic heterocycles. The van der Waals surface area contributed by atoms with Gasteiger partial charge in [0.05, 0.1) is 6.54 Å². The fraction of sp³-hybridized carbons (Fsp3) is 0.455. The molecule has 0 fully saturated rings. The van der Waals surface area contributed by atoms with Gasteiger partial charge in [-0.25, -0.2) is 0 Å². The van der Waals surface area contributed by atoms with Gasteiger partial charge in [0.25, 0.3) is 5.78 Å². The number of aromatic nitrogens is 4. The topological polar surface area (TPSA) is 84.2 Å². The van der Waals surface area contributed by atoms with Crippen molar-refractivity contribution in [2.45, 2.75) is 26.3 Å². The normalized spacial score (nSPS) is 11.6. The Morgan fingerprint density at radius 3 is 2.89 bits per heavy atom. The summed E-state index contributed by atoms with van der Waals surface area (Å²) in [4.78, 5) is 19.7. The lowest BCUT2D eigenvalue weighted by molar-refractivity contribution is -0.120. The zero-order valence-corrected chi connectivity index (χ0v) is 11.7. The molecule has 0 saturated carbocycles. The standard InChI is InChI=1S/C11H15ClN6O/c1-11(2,3)17-9(19)5-13-8-4-7(12)16-10-14-6-15-18(8)10/h4,6,13H,5H2,1-3H3,(H,17,19). The molecule has 2 aromatic rings. The SMILES string of the molecule is CC(C)(C)NC(=O)CNc1cc(Cl)nc2ncnn12. The second-order valence-corrected chi connectivity index (χ2v) is 5.47. The van der Waals surface area contributed by atoms with E-state index in [0.717, 1.165) is 0 Å². The van der Waals surface area contributed by atoms with Crippen LogP contribution in [0.4, 0.5) is 5.82 Å². The molecule has 0 bridgehead atoms. The maximum Gasteiger partial charge on any atom is 0.255 e. The predicted molar refractivity (Wildman–Crippen MR) is 72.2 cm³/mol. The van der Waals surface area contributed by atoms with Gasteiger partial charge in [-0.15, -0.1) is 0 Å². The fourth-order valence-corrected chi connectivity index (χ4v) is 1.72. The third-order valence-corrected chi connectivity index (χ3v) is 2.36. The molecule has 0 aromatic carbocycles. The van der Waals surface area contributed by atoms with E-state index in [1.54, 1.807) is 6.07 Å². The van der Waals surface area contributed by atoms with Crippen molar-refractivity contribution in [2.75, 3.05) is 11.9 Å². The van der Waals surface area contributed by atoms with E-state index < -0.39 is 0 Å². The van der Waals surface area contributed by atoms with Crippen molar-refractivity contribution in [3.8, 4) is 0 Å². The van der Waals surface area contributed by atoms with Crippen LogP contribution in [0.5, 0.6) is 0 Å². The Morgan fingerprint density at radius 1 is 1.47 bits per heavy atom. The number of fused-ring (bicyclic) bond motifs is 1. The quantitative estimate of drug-likeness (QED) is 0.824. The van der Waals surface area contributed by atoms with Crippen molar-refractivity contribution in [1.29, 1.82) is 0 Å². The van der Waals surface area contributed by atoms with Crippen LogP contribution in [0.15, 0.2) is 12.4 Å². The Labute approximate surface area is 115 Å². The van der Waals surface area contributed by atoms with Crippen molar-refractivity contribution in [1.82, 2.24) is 24.9 Å². The zero-order chi connectivity index (χ0) is 14.0. The summed E-state index contributed by atoms with van der Waals surface area (Å²) in [6.45, 7) is 5.88. The van der Waals surface area contributed by atoms with Crippen molar-refractivity contribution >= 4 is 29.1 Å². The van der Waals surface area contributed by atoms with E-state index in [9.17, 15) is 4.79 Å². The molecule has 0 aliphatic rings. The summed E-state index contributed by atoms with van der Waals surface area (Å²) in [5, 5.41) is 10.1. The number of amides is 1. The first-order valence-corrected chi connectivity index (χ1v) is 6.14. The van der Waals surface area contributed by atoms with Crippen LogP contribution in [-0.2, 0) is 4.79 Å². The average molecular weight is 283 g/mol. The van der Waals surface area contributed by atoms with Crippen LogP contribution in [-0.4, -0.2) is 37.6 Å². The van der Waals surface area contributed by atoms with Crippen LogP contribution in [0, 0.1) is 0 Å². The van der Waals surface area contributed by atoms with Gasteiger partial charge in [-0.2, -0.15) is 19.6 Å². The van der Waals surface area contributed by atoms with Gasteiger partial charge in [0.15, 0.2) is 0 Å². The lowest BCUT2D eigenvalue weighted by Gasteiger charge is -2.20.